The molecule has 0 N–H and O–H groups in total. The van der Waals surface area contributed by atoms with Crippen molar-refractivity contribution >= 4 is 23.8 Å². The molecule has 136 valence electrons. The minimum absolute atomic E-state index is 0.0191. The van der Waals surface area contributed by atoms with Gasteiger partial charge in [-0.1, -0.05) is 50.2 Å². The van der Waals surface area contributed by atoms with Crippen molar-refractivity contribution in [2.24, 2.45) is 10.4 Å². The first-order chi connectivity index (χ1) is 11.2. The summed E-state index contributed by atoms with van der Waals surface area (Å²) in [6.07, 6.45) is 11.0. The van der Waals surface area contributed by atoms with Crippen LogP contribution in [0.2, 0.25) is 0 Å². The monoisotopic (exact) mass is 348 g/mol. The molecule has 1 aliphatic rings. The maximum atomic E-state index is 5.79. The maximum absolute atomic E-state index is 5.79. The topological polar surface area (TPSA) is 15.6 Å². The SMILES string of the molecule is C=CCC(CC(=CC)CN=C)N(C)C1(C(C)=S)CCCC(C)(C)C1. The molecule has 2 unspecified atom stereocenters. The lowest BCUT2D eigenvalue weighted by molar-refractivity contribution is 0.0439. The number of aliphatic imine (C=N–C) groups is 1. The summed E-state index contributed by atoms with van der Waals surface area (Å²) in [5, 5.41) is 0. The van der Waals surface area contributed by atoms with Crippen LogP contribution >= 0.6 is 12.2 Å². The fourth-order valence-electron chi connectivity index (χ4n) is 4.32. The van der Waals surface area contributed by atoms with E-state index in [0.29, 0.717) is 18.0 Å². The Morgan fingerprint density at radius 1 is 1.38 bits per heavy atom. The van der Waals surface area contributed by atoms with Crippen molar-refractivity contribution in [1.82, 2.24) is 4.90 Å². The minimum atomic E-state index is 0.0191. The molecule has 0 radical (unpaired) electrons. The van der Waals surface area contributed by atoms with E-state index in [1.165, 1.54) is 24.8 Å². The molecule has 2 nitrogen and oxygen atoms in total. The van der Waals surface area contributed by atoms with Gasteiger partial charge in [-0.2, -0.15) is 0 Å². The average molecular weight is 349 g/mol. The molecule has 1 aliphatic carbocycles. The van der Waals surface area contributed by atoms with E-state index >= 15 is 0 Å². The first-order valence-corrected chi connectivity index (χ1v) is 9.54. The third-order valence-corrected chi connectivity index (χ3v) is 6.13. The van der Waals surface area contributed by atoms with Gasteiger partial charge in [-0.3, -0.25) is 9.89 Å². The van der Waals surface area contributed by atoms with E-state index < -0.39 is 0 Å². The van der Waals surface area contributed by atoms with E-state index in [1.807, 2.05) is 6.08 Å². The Labute approximate surface area is 155 Å². The largest absolute Gasteiger partial charge is 0.297 e. The molecule has 0 aliphatic heterocycles. The molecular weight excluding hydrogens is 312 g/mol. The van der Waals surface area contributed by atoms with Gasteiger partial charge in [0.15, 0.2) is 0 Å². The molecular formula is C21H36N2S. The summed E-state index contributed by atoms with van der Waals surface area (Å²) in [6, 6.07) is 0.405. The molecule has 0 aromatic heterocycles. The smallest absolute Gasteiger partial charge is 0.0592 e. The van der Waals surface area contributed by atoms with Crippen molar-refractivity contribution in [1.29, 1.82) is 0 Å². The highest BCUT2D eigenvalue weighted by Gasteiger charge is 2.46. The van der Waals surface area contributed by atoms with Gasteiger partial charge in [0.1, 0.15) is 0 Å². The second-order valence-electron chi connectivity index (χ2n) is 8.10. The number of nitrogens with zero attached hydrogens (tertiary/aromatic N) is 2. The zero-order chi connectivity index (χ0) is 18.4. The van der Waals surface area contributed by atoms with E-state index in [4.69, 9.17) is 12.2 Å². The van der Waals surface area contributed by atoms with Gasteiger partial charge in [0.05, 0.1) is 12.1 Å². The van der Waals surface area contributed by atoms with E-state index in [2.05, 4.69) is 64.0 Å². The van der Waals surface area contributed by atoms with Crippen LogP contribution in [-0.4, -0.2) is 41.7 Å². The first kappa shape index (κ1) is 21.2. The Balaban J connectivity index is 3.12. The lowest BCUT2D eigenvalue weighted by Crippen LogP contribution is -2.58. The van der Waals surface area contributed by atoms with Crippen LogP contribution in [0.5, 0.6) is 0 Å². The van der Waals surface area contributed by atoms with Crippen LogP contribution in [0.1, 0.15) is 66.2 Å². The molecule has 3 heteroatoms. The third kappa shape index (κ3) is 5.10. The van der Waals surface area contributed by atoms with E-state index in [0.717, 1.165) is 24.1 Å². The number of hydrogen-bond acceptors (Lipinski definition) is 3. The highest BCUT2D eigenvalue weighted by Crippen LogP contribution is 2.45. The second-order valence-corrected chi connectivity index (χ2v) is 8.72. The Morgan fingerprint density at radius 2 is 2.04 bits per heavy atom. The average Bonchev–Trinajstić information content (AvgIpc) is 2.51. The van der Waals surface area contributed by atoms with Crippen molar-refractivity contribution < 1.29 is 0 Å². The first-order valence-electron chi connectivity index (χ1n) is 9.14. The Bertz CT molecular complexity index is 492. The zero-order valence-electron chi connectivity index (χ0n) is 16.4. The van der Waals surface area contributed by atoms with E-state index in [9.17, 15) is 0 Å². The van der Waals surface area contributed by atoms with Crippen molar-refractivity contribution in [3.63, 3.8) is 0 Å². The standard InChI is InChI=1S/C21H36N2S/c1-8-11-19(14-18(9-2)15-22-6)23(7)21(17(3)24)13-10-12-20(4,5)16-21/h8-9,19H,1,6,10-16H2,2-5,7H3. The highest BCUT2D eigenvalue weighted by atomic mass is 32.1. The molecule has 24 heavy (non-hydrogen) atoms. The van der Waals surface area contributed by atoms with Gasteiger partial charge >= 0.3 is 0 Å². The molecule has 2 atom stereocenters. The third-order valence-electron chi connectivity index (χ3n) is 5.75. The fraction of sp³-hybridized carbons (Fsp3) is 0.714. The maximum Gasteiger partial charge on any atom is 0.0592 e. The van der Waals surface area contributed by atoms with Crippen LogP contribution in [0.4, 0.5) is 0 Å². The summed E-state index contributed by atoms with van der Waals surface area (Å²) in [6.45, 7) is 17.4. The molecule has 0 heterocycles. The Kier molecular flexibility index (Phi) is 8.01. The number of allylic oxidation sites excluding steroid dienone is 1. The zero-order valence-corrected chi connectivity index (χ0v) is 17.2. The van der Waals surface area contributed by atoms with Crippen LogP contribution in [0.25, 0.3) is 0 Å². The summed E-state index contributed by atoms with van der Waals surface area (Å²) >= 11 is 5.79. The van der Waals surface area contributed by atoms with Gasteiger partial charge in [-0.05, 0) is 65.1 Å². The number of thiocarbonyl (C=S) groups is 1. The molecule has 0 aromatic carbocycles. The minimum Gasteiger partial charge on any atom is -0.297 e. The van der Waals surface area contributed by atoms with Crippen molar-refractivity contribution in [3.05, 3.63) is 24.3 Å². The molecule has 0 bridgehead atoms. The number of hydrogen-bond donors (Lipinski definition) is 0. The van der Waals surface area contributed by atoms with E-state index in [1.54, 1.807) is 0 Å². The molecule has 0 aromatic rings. The summed E-state index contributed by atoms with van der Waals surface area (Å²) in [5.41, 5.74) is 1.71. The fourth-order valence-corrected chi connectivity index (χ4v) is 4.64. The molecule has 1 rings (SSSR count). The van der Waals surface area contributed by atoms with Crippen molar-refractivity contribution in [2.75, 3.05) is 13.6 Å². The summed E-state index contributed by atoms with van der Waals surface area (Å²) in [5.74, 6) is 0. The molecule has 0 saturated heterocycles. The lowest BCUT2D eigenvalue weighted by atomic mass is 9.66. The second kappa shape index (κ2) is 9.05. The molecule has 0 amide bonds. The predicted molar refractivity (Wildman–Crippen MR) is 112 cm³/mol. The summed E-state index contributed by atoms with van der Waals surface area (Å²) in [4.78, 5) is 7.77. The predicted octanol–water partition coefficient (Wildman–Crippen LogP) is 5.63. The Morgan fingerprint density at radius 3 is 2.50 bits per heavy atom. The van der Waals surface area contributed by atoms with E-state index in [-0.39, 0.29) is 5.54 Å². The van der Waals surface area contributed by atoms with Crippen LogP contribution in [-0.2, 0) is 0 Å². The van der Waals surface area contributed by atoms with Gasteiger partial charge < -0.3 is 0 Å². The van der Waals surface area contributed by atoms with Gasteiger partial charge in [0.2, 0.25) is 0 Å². The summed E-state index contributed by atoms with van der Waals surface area (Å²) < 4.78 is 0. The quantitative estimate of drug-likeness (QED) is 0.305. The van der Waals surface area contributed by atoms with Gasteiger partial charge in [-0.25, -0.2) is 0 Å². The van der Waals surface area contributed by atoms with Crippen molar-refractivity contribution in [3.8, 4) is 0 Å². The van der Waals surface area contributed by atoms with Crippen LogP contribution in [0.15, 0.2) is 29.3 Å². The Hall–Kier alpha value is -0.800. The van der Waals surface area contributed by atoms with Crippen LogP contribution in [0.3, 0.4) is 0 Å². The molecule has 0 spiro atoms. The highest BCUT2D eigenvalue weighted by molar-refractivity contribution is 7.80. The van der Waals surface area contributed by atoms with Gasteiger partial charge in [0.25, 0.3) is 0 Å². The van der Waals surface area contributed by atoms with Gasteiger partial charge in [-0.15, -0.1) is 6.58 Å². The van der Waals surface area contributed by atoms with Crippen molar-refractivity contribution in [2.45, 2.75) is 77.8 Å². The summed E-state index contributed by atoms with van der Waals surface area (Å²) in [7, 11) is 2.26. The lowest BCUT2D eigenvalue weighted by Gasteiger charge is -2.52. The van der Waals surface area contributed by atoms with Crippen LogP contribution < -0.4 is 0 Å². The molecule has 1 fully saturated rings. The van der Waals surface area contributed by atoms with Gasteiger partial charge in [0, 0.05) is 10.9 Å². The van der Waals surface area contributed by atoms with Crippen LogP contribution in [0, 0.1) is 5.41 Å². The molecule has 1 saturated carbocycles. The normalized spacial score (nSPS) is 25.3. The number of rotatable bonds is 9.